The smallest absolute Gasteiger partial charge is 0.407 e. The molecule has 126 valence electrons. The monoisotopic (exact) mass is 343 g/mol. The van der Waals surface area contributed by atoms with Crippen molar-refractivity contribution in [2.75, 3.05) is 32.6 Å². The Bertz CT molecular complexity index is 564. The van der Waals surface area contributed by atoms with Crippen LogP contribution in [0, 0.1) is 10.1 Å². The minimum atomic E-state index is -1.07. The van der Waals surface area contributed by atoms with Gasteiger partial charge in [0.15, 0.2) is 0 Å². The largest absolute Gasteiger partial charge is 0.465 e. The summed E-state index contributed by atoms with van der Waals surface area (Å²) in [5.74, 6) is -0.468. The molecule has 0 atom stereocenters. The molecule has 0 radical (unpaired) electrons. The van der Waals surface area contributed by atoms with Crippen LogP contribution in [0.3, 0.4) is 0 Å². The number of amides is 2. The summed E-state index contributed by atoms with van der Waals surface area (Å²) in [6, 6.07) is 6.07. The van der Waals surface area contributed by atoms with E-state index in [2.05, 4.69) is 0 Å². The highest BCUT2D eigenvalue weighted by Crippen LogP contribution is 2.12. The number of halogens is 1. The fourth-order valence-electron chi connectivity index (χ4n) is 1.86. The zero-order chi connectivity index (χ0) is 17.4. The molecule has 0 aliphatic rings. The SMILES string of the molecule is CN(CCN(CCc1ccc([N+](=O)[O-])cc1)C(=O)CCl)C(=O)O. The molecule has 8 nitrogen and oxygen atoms in total. The van der Waals surface area contributed by atoms with Gasteiger partial charge >= 0.3 is 6.09 Å². The molecule has 23 heavy (non-hydrogen) atoms. The summed E-state index contributed by atoms with van der Waals surface area (Å²) in [6.07, 6.45) is -0.573. The number of carbonyl (C=O) groups excluding carboxylic acids is 1. The van der Waals surface area contributed by atoms with Crippen molar-refractivity contribution in [3.05, 3.63) is 39.9 Å². The number of carboxylic acid groups (broad SMARTS) is 1. The van der Waals surface area contributed by atoms with Gasteiger partial charge in [-0.1, -0.05) is 12.1 Å². The minimum Gasteiger partial charge on any atom is -0.465 e. The Kier molecular flexibility index (Phi) is 7.27. The number of nitrogens with zero attached hydrogens (tertiary/aromatic N) is 3. The molecule has 0 spiro atoms. The quantitative estimate of drug-likeness (QED) is 0.440. The normalized spacial score (nSPS) is 10.2. The van der Waals surface area contributed by atoms with Crippen molar-refractivity contribution in [1.29, 1.82) is 0 Å². The van der Waals surface area contributed by atoms with Gasteiger partial charge < -0.3 is 14.9 Å². The van der Waals surface area contributed by atoms with E-state index in [9.17, 15) is 19.7 Å². The van der Waals surface area contributed by atoms with E-state index in [0.717, 1.165) is 10.5 Å². The van der Waals surface area contributed by atoms with Gasteiger partial charge in [0.2, 0.25) is 5.91 Å². The van der Waals surface area contributed by atoms with Crippen molar-refractivity contribution < 1.29 is 19.6 Å². The van der Waals surface area contributed by atoms with Crippen LogP contribution in [0.15, 0.2) is 24.3 Å². The molecule has 1 aromatic carbocycles. The van der Waals surface area contributed by atoms with Gasteiger partial charge in [0, 0.05) is 38.8 Å². The number of non-ortho nitro benzene ring substituents is 1. The maximum absolute atomic E-state index is 11.8. The van der Waals surface area contributed by atoms with Crippen molar-refractivity contribution in [2.24, 2.45) is 0 Å². The number of hydrogen-bond donors (Lipinski definition) is 1. The third-order valence-corrected chi connectivity index (χ3v) is 3.55. The topological polar surface area (TPSA) is 104 Å². The molecule has 1 aromatic rings. The number of nitro groups is 1. The van der Waals surface area contributed by atoms with Crippen LogP contribution in [0.1, 0.15) is 5.56 Å². The lowest BCUT2D eigenvalue weighted by Gasteiger charge is -2.24. The van der Waals surface area contributed by atoms with Crippen molar-refractivity contribution in [3.8, 4) is 0 Å². The summed E-state index contributed by atoms with van der Waals surface area (Å²) >= 11 is 5.57. The molecule has 0 saturated heterocycles. The van der Waals surface area contributed by atoms with Crippen LogP contribution in [-0.2, 0) is 11.2 Å². The molecule has 0 heterocycles. The van der Waals surface area contributed by atoms with E-state index in [4.69, 9.17) is 16.7 Å². The zero-order valence-corrected chi connectivity index (χ0v) is 13.4. The number of likely N-dealkylation sites (N-methyl/N-ethyl adjacent to an activating group) is 1. The molecule has 0 bridgehead atoms. The molecule has 0 aliphatic heterocycles. The van der Waals surface area contributed by atoms with Gasteiger partial charge in [0.1, 0.15) is 5.88 Å². The van der Waals surface area contributed by atoms with Gasteiger partial charge in [-0.15, -0.1) is 11.6 Å². The van der Waals surface area contributed by atoms with Crippen LogP contribution in [0.25, 0.3) is 0 Å². The lowest BCUT2D eigenvalue weighted by atomic mass is 10.1. The minimum absolute atomic E-state index is 0.00511. The van der Waals surface area contributed by atoms with E-state index in [1.54, 1.807) is 12.1 Å². The Hall–Kier alpha value is -2.35. The molecule has 9 heteroatoms. The lowest BCUT2D eigenvalue weighted by Crippen LogP contribution is -2.40. The van der Waals surface area contributed by atoms with Crippen LogP contribution in [0.4, 0.5) is 10.5 Å². The number of hydrogen-bond acceptors (Lipinski definition) is 4. The second-order valence-electron chi connectivity index (χ2n) is 4.89. The van der Waals surface area contributed by atoms with Crippen LogP contribution in [0.2, 0.25) is 0 Å². The first-order valence-corrected chi connectivity index (χ1v) is 7.39. The van der Waals surface area contributed by atoms with Gasteiger partial charge in [-0.3, -0.25) is 14.9 Å². The predicted octanol–water partition coefficient (Wildman–Crippen LogP) is 1.81. The molecular formula is C14H18ClN3O5. The Morgan fingerprint density at radius 1 is 1.22 bits per heavy atom. The summed E-state index contributed by atoms with van der Waals surface area (Å²) in [7, 11) is 1.42. The van der Waals surface area contributed by atoms with Crippen LogP contribution >= 0.6 is 11.6 Å². The summed E-state index contributed by atoms with van der Waals surface area (Å²) < 4.78 is 0. The molecule has 0 saturated carbocycles. The van der Waals surface area contributed by atoms with Crippen molar-refractivity contribution >= 4 is 29.3 Å². The number of rotatable bonds is 8. The zero-order valence-electron chi connectivity index (χ0n) is 12.6. The molecule has 0 aliphatic carbocycles. The van der Waals surface area contributed by atoms with E-state index < -0.39 is 11.0 Å². The summed E-state index contributed by atoms with van der Waals surface area (Å²) in [5, 5.41) is 19.4. The van der Waals surface area contributed by atoms with Crippen molar-refractivity contribution in [2.45, 2.75) is 6.42 Å². The van der Waals surface area contributed by atoms with Crippen LogP contribution < -0.4 is 0 Å². The Morgan fingerprint density at radius 2 is 1.83 bits per heavy atom. The molecule has 0 unspecified atom stereocenters. The fourth-order valence-corrected chi connectivity index (χ4v) is 2.03. The Labute approximate surface area is 138 Å². The number of benzene rings is 1. The van der Waals surface area contributed by atoms with Crippen LogP contribution in [-0.4, -0.2) is 64.4 Å². The first-order chi connectivity index (χ1) is 10.8. The predicted molar refractivity (Wildman–Crippen MR) is 84.8 cm³/mol. The first-order valence-electron chi connectivity index (χ1n) is 6.86. The van der Waals surface area contributed by atoms with Crippen molar-refractivity contribution in [1.82, 2.24) is 9.80 Å². The van der Waals surface area contributed by atoms with Crippen LogP contribution in [0.5, 0.6) is 0 Å². The highest BCUT2D eigenvalue weighted by atomic mass is 35.5. The lowest BCUT2D eigenvalue weighted by molar-refractivity contribution is -0.384. The maximum Gasteiger partial charge on any atom is 0.407 e. The number of carbonyl (C=O) groups is 2. The van der Waals surface area contributed by atoms with E-state index in [-0.39, 0.29) is 30.6 Å². The van der Waals surface area contributed by atoms with E-state index in [1.807, 2.05) is 0 Å². The molecule has 0 fully saturated rings. The van der Waals surface area contributed by atoms with E-state index in [0.29, 0.717) is 13.0 Å². The van der Waals surface area contributed by atoms with Crippen molar-refractivity contribution in [3.63, 3.8) is 0 Å². The number of nitro benzene ring substituents is 1. The molecule has 1 rings (SSSR count). The third kappa shape index (κ3) is 6.11. The number of alkyl halides is 1. The summed E-state index contributed by atoms with van der Waals surface area (Å²) in [5.41, 5.74) is 0.847. The molecule has 1 N–H and O–H groups in total. The second kappa shape index (κ2) is 8.94. The van der Waals surface area contributed by atoms with Gasteiger partial charge in [0.25, 0.3) is 5.69 Å². The highest BCUT2D eigenvalue weighted by Gasteiger charge is 2.15. The second-order valence-corrected chi connectivity index (χ2v) is 5.16. The average molecular weight is 344 g/mol. The molecule has 0 aromatic heterocycles. The summed E-state index contributed by atoms with van der Waals surface area (Å²) in [6.45, 7) is 0.774. The third-order valence-electron chi connectivity index (χ3n) is 3.32. The Balaban J connectivity index is 2.61. The standard InChI is InChI=1S/C14H18ClN3O5/c1-16(14(20)21)8-9-17(13(19)10-15)7-6-11-2-4-12(5-3-11)18(22)23/h2-5H,6-10H2,1H3,(H,20,21). The Morgan fingerprint density at radius 3 is 2.30 bits per heavy atom. The van der Waals surface area contributed by atoms with Gasteiger partial charge in [-0.2, -0.15) is 0 Å². The van der Waals surface area contributed by atoms with Gasteiger partial charge in [-0.25, -0.2) is 4.79 Å². The maximum atomic E-state index is 11.8. The molecular weight excluding hydrogens is 326 g/mol. The van der Waals surface area contributed by atoms with E-state index >= 15 is 0 Å². The van der Waals surface area contributed by atoms with E-state index in [1.165, 1.54) is 24.1 Å². The summed E-state index contributed by atoms with van der Waals surface area (Å²) in [4.78, 5) is 35.2. The molecule has 2 amide bonds. The van der Waals surface area contributed by atoms with Gasteiger partial charge in [-0.05, 0) is 12.0 Å². The average Bonchev–Trinajstić information content (AvgIpc) is 2.54. The van der Waals surface area contributed by atoms with Gasteiger partial charge in [0.05, 0.1) is 4.92 Å². The first kappa shape index (κ1) is 18.7. The highest BCUT2D eigenvalue weighted by molar-refractivity contribution is 6.27. The fraction of sp³-hybridized carbons (Fsp3) is 0.429.